The van der Waals surface area contributed by atoms with Gasteiger partial charge in [0.15, 0.2) is 0 Å². The van der Waals surface area contributed by atoms with Gasteiger partial charge in [0.25, 0.3) is 0 Å². The topological polar surface area (TPSA) is 17.1 Å². The quantitative estimate of drug-likeness (QED) is 0.548. The minimum atomic E-state index is 0.320. The second kappa shape index (κ2) is 6.15. The van der Waals surface area contributed by atoms with Crippen molar-refractivity contribution in [3.63, 3.8) is 0 Å². The summed E-state index contributed by atoms with van der Waals surface area (Å²) in [5.74, 6) is 6.63. The number of hydrogen-bond acceptors (Lipinski definition) is 1. The molecule has 8 atom stereocenters. The molecule has 2 heteroatoms. The van der Waals surface area contributed by atoms with Gasteiger partial charge in [0, 0.05) is 5.92 Å². The second-order valence-corrected chi connectivity index (χ2v) is 10.2. The van der Waals surface area contributed by atoms with Crippen molar-refractivity contribution in [2.75, 3.05) is 5.33 Å². The monoisotopic (exact) mass is 380 g/mol. The van der Waals surface area contributed by atoms with E-state index in [-0.39, 0.29) is 0 Å². The van der Waals surface area contributed by atoms with Crippen LogP contribution in [-0.4, -0.2) is 11.1 Å². The lowest BCUT2D eigenvalue weighted by Gasteiger charge is -2.56. The summed E-state index contributed by atoms with van der Waals surface area (Å²) in [7, 11) is 0. The van der Waals surface area contributed by atoms with Crippen molar-refractivity contribution in [1.29, 1.82) is 0 Å². The second-order valence-electron chi connectivity index (χ2n) is 9.63. The molecule has 8 unspecified atom stereocenters. The van der Waals surface area contributed by atoms with Crippen molar-refractivity contribution in [2.45, 2.75) is 71.6 Å². The van der Waals surface area contributed by atoms with Gasteiger partial charge in [0.2, 0.25) is 0 Å². The Labute approximate surface area is 150 Å². The zero-order valence-corrected chi connectivity index (χ0v) is 16.5. The van der Waals surface area contributed by atoms with Gasteiger partial charge in [-0.05, 0) is 92.3 Å². The number of rotatable bonds is 2. The van der Waals surface area contributed by atoms with Crippen LogP contribution in [0.25, 0.3) is 0 Å². The summed E-state index contributed by atoms with van der Waals surface area (Å²) in [6, 6.07) is 0. The summed E-state index contributed by atoms with van der Waals surface area (Å²) >= 11 is 3.44. The minimum Gasteiger partial charge on any atom is -0.298 e. The van der Waals surface area contributed by atoms with Crippen LogP contribution in [0.15, 0.2) is 0 Å². The van der Waals surface area contributed by atoms with Crippen LogP contribution >= 0.6 is 15.9 Å². The lowest BCUT2D eigenvalue weighted by Crippen LogP contribution is -2.49. The summed E-state index contributed by atoms with van der Waals surface area (Å²) < 4.78 is 0. The first-order chi connectivity index (χ1) is 11.0. The molecule has 130 valence electrons. The highest BCUT2D eigenvalue weighted by atomic mass is 79.9. The predicted molar refractivity (Wildman–Crippen MR) is 98.6 cm³/mol. The van der Waals surface area contributed by atoms with E-state index in [1.54, 1.807) is 0 Å². The Morgan fingerprint density at radius 2 is 1.78 bits per heavy atom. The number of carbonyl (C=O) groups is 1. The average molecular weight is 381 g/mol. The molecule has 0 aromatic heterocycles. The molecule has 0 saturated heterocycles. The van der Waals surface area contributed by atoms with Crippen LogP contribution in [0.5, 0.6) is 0 Å². The highest BCUT2D eigenvalue weighted by Crippen LogP contribution is 2.64. The highest BCUT2D eigenvalue weighted by molar-refractivity contribution is 9.09. The lowest BCUT2D eigenvalue weighted by atomic mass is 9.49. The number of alkyl halides is 1. The van der Waals surface area contributed by atoms with E-state index in [1.807, 2.05) is 0 Å². The molecule has 0 spiro atoms. The van der Waals surface area contributed by atoms with E-state index < -0.39 is 0 Å². The van der Waals surface area contributed by atoms with Crippen LogP contribution in [0, 0.1) is 46.8 Å². The van der Waals surface area contributed by atoms with Gasteiger partial charge in [-0.15, -0.1) is 0 Å². The van der Waals surface area contributed by atoms with E-state index in [0.29, 0.717) is 22.4 Å². The summed E-state index contributed by atoms with van der Waals surface area (Å²) in [4.78, 5) is 12.5. The summed E-state index contributed by atoms with van der Waals surface area (Å²) in [5, 5.41) is 0.566. The molecule has 4 rings (SSSR count). The fraction of sp³-hybridized carbons (Fsp3) is 0.952. The third-order valence-corrected chi connectivity index (χ3v) is 9.29. The van der Waals surface area contributed by atoms with E-state index >= 15 is 0 Å². The Bertz CT molecular complexity index is 474. The van der Waals surface area contributed by atoms with Gasteiger partial charge in [-0.2, -0.15) is 0 Å². The zero-order valence-electron chi connectivity index (χ0n) is 14.9. The van der Waals surface area contributed by atoms with Gasteiger partial charge in [0.1, 0.15) is 5.78 Å². The van der Waals surface area contributed by atoms with Crippen molar-refractivity contribution < 1.29 is 4.79 Å². The Morgan fingerprint density at radius 1 is 1.00 bits per heavy atom. The number of Topliss-reactive ketones (excluding diaryl/α,β-unsaturated/α-hetero) is 1. The molecule has 0 heterocycles. The molecule has 4 aliphatic carbocycles. The maximum absolute atomic E-state index is 12.5. The Morgan fingerprint density at radius 3 is 2.57 bits per heavy atom. The smallest absolute Gasteiger partial charge is 0.147 e. The number of hydrogen-bond donors (Lipinski definition) is 0. The first-order valence-corrected chi connectivity index (χ1v) is 11.3. The molecule has 0 aromatic rings. The SMILES string of the molecule is CC1CCC2C(CCC3C2CCC2(C)C(C(=O)CBr)CCC32)C1. The largest absolute Gasteiger partial charge is 0.298 e. The molecular formula is C21H33BrO. The molecule has 4 fully saturated rings. The van der Waals surface area contributed by atoms with Crippen molar-refractivity contribution >= 4 is 21.7 Å². The third-order valence-electron chi connectivity index (χ3n) is 8.74. The fourth-order valence-corrected chi connectivity index (χ4v) is 8.10. The van der Waals surface area contributed by atoms with Crippen LogP contribution in [0.2, 0.25) is 0 Å². The molecule has 0 N–H and O–H groups in total. The number of ketones is 1. The standard InChI is InChI=1S/C21H33BrO/c1-13-3-5-15-14(11-13)4-6-17-16(15)9-10-21(2)18(17)7-8-19(21)20(23)12-22/h13-19H,3-12H2,1-2H3. The fourth-order valence-electron chi connectivity index (χ4n) is 7.71. The Hall–Kier alpha value is 0.150. The molecule has 23 heavy (non-hydrogen) atoms. The maximum Gasteiger partial charge on any atom is 0.147 e. The first-order valence-electron chi connectivity index (χ1n) is 10.1. The third kappa shape index (κ3) is 2.57. The van der Waals surface area contributed by atoms with Gasteiger partial charge in [-0.3, -0.25) is 4.79 Å². The van der Waals surface area contributed by atoms with Crippen molar-refractivity contribution in [2.24, 2.45) is 46.8 Å². The average Bonchev–Trinajstić information content (AvgIpc) is 2.90. The van der Waals surface area contributed by atoms with E-state index in [0.717, 1.165) is 35.5 Å². The van der Waals surface area contributed by atoms with Gasteiger partial charge >= 0.3 is 0 Å². The van der Waals surface area contributed by atoms with Gasteiger partial charge in [-0.25, -0.2) is 0 Å². The van der Waals surface area contributed by atoms with Crippen LogP contribution in [-0.2, 0) is 4.79 Å². The van der Waals surface area contributed by atoms with Crippen LogP contribution in [0.3, 0.4) is 0 Å². The number of halogens is 1. The molecule has 0 bridgehead atoms. The summed E-state index contributed by atoms with van der Waals surface area (Å²) in [6.07, 6.45) is 12.7. The van der Waals surface area contributed by atoms with Crippen molar-refractivity contribution in [1.82, 2.24) is 0 Å². The van der Waals surface area contributed by atoms with Crippen molar-refractivity contribution in [3.8, 4) is 0 Å². The minimum absolute atomic E-state index is 0.320. The van der Waals surface area contributed by atoms with E-state index in [1.165, 1.54) is 57.8 Å². The van der Waals surface area contributed by atoms with Crippen LogP contribution in [0.1, 0.15) is 71.6 Å². The predicted octanol–water partition coefficient (Wildman–Crippen LogP) is 5.86. The van der Waals surface area contributed by atoms with Crippen LogP contribution in [0.4, 0.5) is 0 Å². The van der Waals surface area contributed by atoms with Gasteiger partial charge in [-0.1, -0.05) is 36.2 Å². The van der Waals surface area contributed by atoms with Gasteiger partial charge < -0.3 is 0 Å². The molecule has 4 aliphatic rings. The van der Waals surface area contributed by atoms with Gasteiger partial charge in [0.05, 0.1) is 5.33 Å². The van der Waals surface area contributed by atoms with Crippen LogP contribution < -0.4 is 0 Å². The molecule has 0 aliphatic heterocycles. The number of carbonyl (C=O) groups excluding carboxylic acids is 1. The molecular weight excluding hydrogens is 348 g/mol. The molecule has 0 aromatic carbocycles. The molecule has 4 saturated carbocycles. The summed E-state index contributed by atoms with van der Waals surface area (Å²) in [6.45, 7) is 4.94. The van der Waals surface area contributed by atoms with E-state index in [2.05, 4.69) is 29.8 Å². The highest BCUT2D eigenvalue weighted by Gasteiger charge is 2.57. The van der Waals surface area contributed by atoms with E-state index in [4.69, 9.17) is 0 Å². The zero-order chi connectivity index (χ0) is 16.2. The van der Waals surface area contributed by atoms with E-state index in [9.17, 15) is 4.79 Å². The first kappa shape index (κ1) is 16.6. The Balaban J connectivity index is 1.55. The Kier molecular flexibility index (Phi) is 4.44. The molecule has 0 radical (unpaired) electrons. The molecule has 0 amide bonds. The number of fused-ring (bicyclic) bond motifs is 5. The molecule has 1 nitrogen and oxygen atoms in total. The summed E-state index contributed by atoms with van der Waals surface area (Å²) in [5.41, 5.74) is 0.320. The lowest BCUT2D eigenvalue weighted by molar-refractivity contribution is -0.127. The maximum atomic E-state index is 12.5. The normalized spacial score (nSPS) is 52.4. The van der Waals surface area contributed by atoms with Crippen molar-refractivity contribution in [3.05, 3.63) is 0 Å².